The van der Waals surface area contributed by atoms with Gasteiger partial charge in [-0.15, -0.1) is 0 Å². The largest absolute Gasteiger partial charge is 0.464 e. The summed E-state index contributed by atoms with van der Waals surface area (Å²) in [6.07, 6.45) is 3.86. The fraction of sp³-hybridized carbons (Fsp3) is 0.0588. The van der Waals surface area contributed by atoms with E-state index >= 15 is 0 Å². The molecule has 0 bridgehead atoms. The highest BCUT2D eigenvalue weighted by atomic mass is 19.1. The maximum absolute atomic E-state index is 14.8. The van der Waals surface area contributed by atoms with Gasteiger partial charge in [-0.25, -0.2) is 14.4 Å². The molecular weight excluding hydrogens is 295 g/mol. The Kier molecular flexibility index (Phi) is 3.82. The molecule has 5 nitrogen and oxygen atoms in total. The van der Waals surface area contributed by atoms with Crippen LogP contribution in [0.15, 0.2) is 53.7 Å². The van der Waals surface area contributed by atoms with Crippen LogP contribution in [-0.2, 0) is 0 Å². The first-order valence-electron chi connectivity index (χ1n) is 6.66. The van der Waals surface area contributed by atoms with E-state index in [-0.39, 0.29) is 27.8 Å². The molecule has 6 heteroatoms. The summed E-state index contributed by atoms with van der Waals surface area (Å²) in [7, 11) is 0. The first kappa shape index (κ1) is 14.4. The quantitative estimate of drug-likeness (QED) is 0.738. The number of hydrogen-bond acceptors (Lipinski definition) is 5. The molecule has 0 radical (unpaired) electrons. The van der Waals surface area contributed by atoms with E-state index in [0.29, 0.717) is 5.76 Å². The topological polar surface area (TPSA) is 86.5 Å². The third-order valence-corrected chi connectivity index (χ3v) is 3.38. The molecule has 2 aromatic heterocycles. The summed E-state index contributed by atoms with van der Waals surface area (Å²) in [6.45, 7) is 0. The van der Waals surface area contributed by atoms with Crippen molar-refractivity contribution in [2.24, 2.45) is 0 Å². The van der Waals surface area contributed by atoms with Crippen molar-refractivity contribution in [1.82, 2.24) is 9.97 Å². The summed E-state index contributed by atoms with van der Waals surface area (Å²) in [5, 5.41) is 18.8. The summed E-state index contributed by atoms with van der Waals surface area (Å²) in [5.74, 6) is 0.344. The first-order valence-corrected chi connectivity index (χ1v) is 6.66. The molecule has 0 aliphatic rings. The highest BCUT2D eigenvalue weighted by Crippen LogP contribution is 2.35. The minimum Gasteiger partial charge on any atom is -0.464 e. The third-order valence-electron chi connectivity index (χ3n) is 3.38. The number of hydrogen-bond donors (Lipinski definition) is 0. The van der Waals surface area contributed by atoms with Gasteiger partial charge >= 0.3 is 0 Å². The number of aromatic nitrogens is 2. The Morgan fingerprint density at radius 1 is 1.09 bits per heavy atom. The Morgan fingerprint density at radius 3 is 2.48 bits per heavy atom. The van der Waals surface area contributed by atoms with Gasteiger partial charge < -0.3 is 4.42 Å². The highest BCUT2D eigenvalue weighted by Gasteiger charge is 2.23. The number of nitrogens with zero attached hydrogens (tertiary/aromatic N) is 4. The number of benzene rings is 1. The van der Waals surface area contributed by atoms with Crippen molar-refractivity contribution in [3.63, 3.8) is 0 Å². The van der Waals surface area contributed by atoms with Gasteiger partial charge in [-0.3, -0.25) is 0 Å². The van der Waals surface area contributed by atoms with Gasteiger partial charge in [0.25, 0.3) is 0 Å². The Hall–Kier alpha value is -3.51. The molecule has 23 heavy (non-hydrogen) atoms. The Balaban J connectivity index is 2.23. The zero-order valence-corrected chi connectivity index (χ0v) is 11.8. The van der Waals surface area contributed by atoms with Gasteiger partial charge in [0, 0.05) is 23.5 Å². The van der Waals surface area contributed by atoms with Gasteiger partial charge in [0.1, 0.15) is 18.2 Å². The van der Waals surface area contributed by atoms with Crippen molar-refractivity contribution in [3.05, 3.63) is 71.5 Å². The van der Waals surface area contributed by atoms with E-state index in [2.05, 4.69) is 9.97 Å². The normalized spacial score (nSPS) is 11.4. The average Bonchev–Trinajstić information content (AvgIpc) is 3.14. The van der Waals surface area contributed by atoms with Crippen LogP contribution < -0.4 is 0 Å². The van der Waals surface area contributed by atoms with Crippen LogP contribution in [0.1, 0.15) is 28.4 Å². The molecule has 1 aromatic carbocycles. The minimum atomic E-state index is -1.58. The standard InChI is InChI=1S/C17H9FN4O/c18-17(12-8-21-10-22-9-12)13-4-3-11(6-19)16(14(13)7-20)15-2-1-5-23-15/h1-5,8-10,17H. The predicted molar refractivity (Wildman–Crippen MR) is 78.6 cm³/mol. The van der Waals surface area contributed by atoms with Crippen molar-refractivity contribution in [2.45, 2.75) is 6.17 Å². The number of rotatable bonds is 3. The van der Waals surface area contributed by atoms with Crippen LogP contribution >= 0.6 is 0 Å². The molecule has 0 saturated carbocycles. The lowest BCUT2D eigenvalue weighted by molar-refractivity contribution is 0.399. The van der Waals surface area contributed by atoms with Crippen LogP contribution in [0.5, 0.6) is 0 Å². The molecule has 0 aliphatic carbocycles. The first-order chi connectivity index (χ1) is 11.3. The van der Waals surface area contributed by atoms with Crippen LogP contribution in [0, 0.1) is 22.7 Å². The average molecular weight is 304 g/mol. The van der Waals surface area contributed by atoms with Gasteiger partial charge in [0.15, 0.2) is 6.17 Å². The van der Waals surface area contributed by atoms with Crippen LogP contribution in [0.2, 0.25) is 0 Å². The van der Waals surface area contributed by atoms with Gasteiger partial charge in [-0.05, 0) is 18.2 Å². The molecule has 0 aliphatic heterocycles. The smallest absolute Gasteiger partial charge is 0.155 e. The van der Waals surface area contributed by atoms with Crippen molar-refractivity contribution in [1.29, 1.82) is 10.5 Å². The summed E-state index contributed by atoms with van der Waals surface area (Å²) in [6, 6.07) is 10.2. The second kappa shape index (κ2) is 6.08. The maximum Gasteiger partial charge on any atom is 0.155 e. The van der Waals surface area contributed by atoms with Crippen LogP contribution in [0.3, 0.4) is 0 Å². The summed E-state index contributed by atoms with van der Waals surface area (Å²) in [5.41, 5.74) is 0.982. The summed E-state index contributed by atoms with van der Waals surface area (Å²) in [4.78, 5) is 7.58. The molecule has 2 heterocycles. The van der Waals surface area contributed by atoms with Crippen molar-refractivity contribution in [3.8, 4) is 23.5 Å². The van der Waals surface area contributed by atoms with E-state index in [9.17, 15) is 14.9 Å². The Morgan fingerprint density at radius 2 is 1.87 bits per heavy atom. The van der Waals surface area contributed by atoms with E-state index in [1.54, 1.807) is 12.1 Å². The lowest BCUT2D eigenvalue weighted by atomic mass is 9.91. The van der Waals surface area contributed by atoms with Crippen molar-refractivity contribution >= 4 is 0 Å². The van der Waals surface area contributed by atoms with E-state index in [0.717, 1.165) is 0 Å². The van der Waals surface area contributed by atoms with Gasteiger partial charge in [0.2, 0.25) is 0 Å². The second-order valence-electron chi connectivity index (χ2n) is 4.69. The number of alkyl halides is 1. The van der Waals surface area contributed by atoms with Crippen LogP contribution in [0.4, 0.5) is 4.39 Å². The minimum absolute atomic E-state index is 0.0651. The molecule has 3 rings (SSSR count). The number of furan rings is 1. The molecule has 0 amide bonds. The number of halogens is 1. The predicted octanol–water partition coefficient (Wildman–Crippen LogP) is 3.54. The second-order valence-corrected chi connectivity index (χ2v) is 4.69. The molecule has 1 unspecified atom stereocenters. The van der Waals surface area contributed by atoms with Gasteiger partial charge in [0.05, 0.1) is 29.0 Å². The molecule has 0 N–H and O–H groups in total. The van der Waals surface area contributed by atoms with Crippen LogP contribution in [-0.4, -0.2) is 9.97 Å². The van der Waals surface area contributed by atoms with Crippen LogP contribution in [0.25, 0.3) is 11.3 Å². The lowest BCUT2D eigenvalue weighted by Gasteiger charge is -2.13. The SMILES string of the molecule is N#Cc1ccc(C(F)c2cncnc2)c(C#N)c1-c1ccco1. The summed E-state index contributed by atoms with van der Waals surface area (Å²) >= 11 is 0. The van der Waals surface area contributed by atoms with E-state index in [1.807, 2.05) is 12.1 Å². The fourth-order valence-electron chi connectivity index (χ4n) is 2.34. The fourth-order valence-corrected chi connectivity index (χ4v) is 2.34. The third kappa shape index (κ3) is 2.54. The zero-order chi connectivity index (χ0) is 16.2. The van der Waals surface area contributed by atoms with Gasteiger partial charge in [-0.2, -0.15) is 10.5 Å². The Labute approximate surface area is 131 Å². The molecule has 0 saturated heterocycles. The molecule has 1 atom stereocenters. The van der Waals surface area contributed by atoms with Crippen molar-refractivity contribution < 1.29 is 8.81 Å². The van der Waals surface area contributed by atoms with E-state index in [1.165, 1.54) is 37.1 Å². The molecule has 0 fully saturated rings. The molecular formula is C17H9FN4O. The van der Waals surface area contributed by atoms with Crippen molar-refractivity contribution in [2.75, 3.05) is 0 Å². The zero-order valence-electron chi connectivity index (χ0n) is 11.8. The highest BCUT2D eigenvalue weighted by molar-refractivity contribution is 5.75. The maximum atomic E-state index is 14.8. The Bertz CT molecular complexity index is 908. The van der Waals surface area contributed by atoms with E-state index < -0.39 is 6.17 Å². The van der Waals surface area contributed by atoms with Gasteiger partial charge in [-0.1, -0.05) is 6.07 Å². The monoisotopic (exact) mass is 304 g/mol. The number of nitriles is 2. The molecule has 0 spiro atoms. The van der Waals surface area contributed by atoms with E-state index in [4.69, 9.17) is 4.42 Å². The molecule has 110 valence electrons. The lowest BCUT2D eigenvalue weighted by Crippen LogP contribution is -2.02. The summed E-state index contributed by atoms with van der Waals surface area (Å²) < 4.78 is 20.1. The molecule has 3 aromatic rings.